The monoisotopic (exact) mass is 496 g/mol. The Morgan fingerprint density at radius 2 is 1.77 bits per heavy atom. The lowest BCUT2D eigenvalue weighted by Crippen LogP contribution is -2.37. The van der Waals surface area contributed by atoms with Crippen LogP contribution < -0.4 is 5.69 Å². The van der Waals surface area contributed by atoms with Crippen molar-refractivity contribution in [2.75, 3.05) is 32.8 Å². The molecule has 1 aliphatic rings. The van der Waals surface area contributed by atoms with E-state index in [2.05, 4.69) is 10.00 Å². The zero-order chi connectivity index (χ0) is 25.0. The van der Waals surface area contributed by atoms with Crippen LogP contribution in [0.15, 0.2) is 53.3 Å². The second-order valence-corrected chi connectivity index (χ2v) is 10.7. The van der Waals surface area contributed by atoms with Gasteiger partial charge in [0.2, 0.25) is 0 Å². The number of carbonyl (C=O) groups excluding carboxylic acids is 1. The summed E-state index contributed by atoms with van der Waals surface area (Å²) in [6, 6.07) is 14.9. The molecule has 7 nitrogen and oxygen atoms in total. The molecular weight excluding hydrogens is 464 g/mol. The first kappa shape index (κ1) is 25.4. The van der Waals surface area contributed by atoms with E-state index in [1.807, 2.05) is 45.0 Å². The van der Waals surface area contributed by atoms with Gasteiger partial charge in [-0.25, -0.2) is 9.36 Å². The normalized spacial score (nSPS) is 14.9. The zero-order valence-electron chi connectivity index (χ0n) is 20.7. The zero-order valence-corrected chi connectivity index (χ0v) is 21.4. The van der Waals surface area contributed by atoms with Crippen molar-refractivity contribution >= 4 is 17.4 Å². The number of ketones is 1. The number of ether oxygens (including phenoxy) is 1. The average Bonchev–Trinajstić information content (AvgIpc) is 3.13. The van der Waals surface area contributed by atoms with E-state index in [0.29, 0.717) is 28.6 Å². The van der Waals surface area contributed by atoms with Gasteiger partial charge in [-0.1, -0.05) is 50.6 Å². The number of nitrogens with zero attached hydrogens (tertiary/aromatic N) is 4. The van der Waals surface area contributed by atoms with Crippen LogP contribution in [0.2, 0.25) is 5.02 Å². The van der Waals surface area contributed by atoms with Gasteiger partial charge in [-0.2, -0.15) is 4.68 Å². The molecule has 2 heterocycles. The van der Waals surface area contributed by atoms with Gasteiger partial charge in [0.25, 0.3) is 0 Å². The smallest absolute Gasteiger partial charge is 0.355 e. The second-order valence-electron chi connectivity index (χ2n) is 10.2. The summed E-state index contributed by atoms with van der Waals surface area (Å²) in [7, 11) is 0. The number of hydrogen-bond acceptors (Lipinski definition) is 5. The highest BCUT2D eigenvalue weighted by molar-refractivity contribution is 6.30. The van der Waals surface area contributed by atoms with Gasteiger partial charge >= 0.3 is 5.69 Å². The van der Waals surface area contributed by atoms with Crippen molar-refractivity contribution in [3.05, 3.63) is 75.4 Å². The van der Waals surface area contributed by atoms with Gasteiger partial charge in [-0.3, -0.25) is 9.69 Å². The lowest BCUT2D eigenvalue weighted by molar-refractivity contribution is -0.120. The first-order valence-corrected chi connectivity index (χ1v) is 12.5. The van der Waals surface area contributed by atoms with Crippen molar-refractivity contribution in [3.8, 4) is 11.4 Å². The Hall–Kier alpha value is -2.74. The molecule has 0 atom stereocenters. The Kier molecular flexibility index (Phi) is 7.89. The molecule has 8 heteroatoms. The molecule has 1 aliphatic heterocycles. The van der Waals surface area contributed by atoms with E-state index in [0.717, 1.165) is 39.3 Å². The minimum atomic E-state index is -0.327. The fourth-order valence-corrected chi connectivity index (χ4v) is 4.50. The van der Waals surface area contributed by atoms with Gasteiger partial charge in [0.05, 0.1) is 31.0 Å². The highest BCUT2D eigenvalue weighted by atomic mass is 35.5. The first-order chi connectivity index (χ1) is 16.7. The van der Waals surface area contributed by atoms with Crippen molar-refractivity contribution in [2.45, 2.75) is 40.0 Å². The van der Waals surface area contributed by atoms with Gasteiger partial charge in [-0.05, 0) is 47.7 Å². The maximum absolute atomic E-state index is 13.5. The molecule has 0 spiro atoms. The third-order valence-electron chi connectivity index (χ3n) is 6.00. The predicted octanol–water partition coefficient (Wildman–Crippen LogP) is 4.10. The first-order valence-electron chi connectivity index (χ1n) is 12.1. The van der Waals surface area contributed by atoms with Crippen LogP contribution in [0.3, 0.4) is 0 Å². The van der Waals surface area contributed by atoms with E-state index < -0.39 is 0 Å². The number of Topliss-reactive ketones (excluding diaryl/α,β-unsaturated/α-hetero) is 1. The summed E-state index contributed by atoms with van der Waals surface area (Å²) in [5, 5.41) is 5.10. The Morgan fingerprint density at radius 1 is 1.06 bits per heavy atom. The molecule has 0 bridgehead atoms. The molecule has 0 saturated carbocycles. The van der Waals surface area contributed by atoms with E-state index in [-0.39, 0.29) is 23.3 Å². The van der Waals surface area contributed by atoms with Crippen molar-refractivity contribution in [2.24, 2.45) is 5.41 Å². The summed E-state index contributed by atoms with van der Waals surface area (Å²) in [5.74, 6) is 0.444. The predicted molar refractivity (Wildman–Crippen MR) is 138 cm³/mol. The number of aromatic nitrogens is 3. The maximum atomic E-state index is 13.5. The number of carbonyl (C=O) groups is 1. The fraction of sp³-hybridized carbons (Fsp3) is 0.444. The summed E-state index contributed by atoms with van der Waals surface area (Å²) in [4.78, 5) is 28.7. The van der Waals surface area contributed by atoms with Gasteiger partial charge in [-0.15, -0.1) is 5.10 Å². The summed E-state index contributed by atoms with van der Waals surface area (Å²) < 4.78 is 8.27. The van der Waals surface area contributed by atoms with Crippen LogP contribution in [-0.4, -0.2) is 57.9 Å². The fourth-order valence-electron chi connectivity index (χ4n) is 4.31. The van der Waals surface area contributed by atoms with Crippen molar-refractivity contribution in [1.82, 2.24) is 19.2 Å². The summed E-state index contributed by atoms with van der Waals surface area (Å²) in [6.07, 6.45) is 1.41. The molecule has 0 N–H and O–H groups in total. The molecule has 186 valence electrons. The number of benzene rings is 2. The van der Waals surface area contributed by atoms with Gasteiger partial charge < -0.3 is 4.74 Å². The van der Waals surface area contributed by atoms with Crippen LogP contribution in [0.4, 0.5) is 0 Å². The molecule has 0 radical (unpaired) electrons. The van der Waals surface area contributed by atoms with Gasteiger partial charge in [0.1, 0.15) is 11.6 Å². The minimum Gasteiger partial charge on any atom is -0.379 e. The van der Waals surface area contributed by atoms with E-state index in [1.165, 1.54) is 14.8 Å². The second kappa shape index (κ2) is 10.9. The van der Waals surface area contributed by atoms with Crippen LogP contribution >= 0.6 is 11.6 Å². The molecular formula is C27H33ClN4O3. The van der Waals surface area contributed by atoms with Crippen LogP contribution in [0.25, 0.3) is 11.4 Å². The molecule has 0 aliphatic carbocycles. The SMILES string of the molecule is CC(C)(C)CC(=O)Cc1nn(-c2ccc(CCN3CCOCC3)cc2)c(=O)n1-c1cccc(Cl)c1. The standard InChI is InChI=1S/C27H33ClN4O3/c1-27(2,3)19-24(33)18-25-29-32(26(34)31(25)23-6-4-5-21(28)17-23)22-9-7-20(8-10-22)11-12-30-13-15-35-16-14-30/h4-10,17H,11-16,18-19H2,1-3H3. The largest absolute Gasteiger partial charge is 0.379 e. The third kappa shape index (κ3) is 6.69. The lowest BCUT2D eigenvalue weighted by atomic mass is 9.89. The van der Waals surface area contributed by atoms with Crippen LogP contribution in [-0.2, 0) is 22.4 Å². The Bertz CT molecular complexity index is 1220. The topological polar surface area (TPSA) is 69.4 Å². The van der Waals surface area contributed by atoms with E-state index in [9.17, 15) is 9.59 Å². The van der Waals surface area contributed by atoms with Crippen LogP contribution in [0.5, 0.6) is 0 Å². The van der Waals surface area contributed by atoms with Gasteiger partial charge in [0.15, 0.2) is 0 Å². The van der Waals surface area contributed by atoms with E-state index >= 15 is 0 Å². The molecule has 0 amide bonds. The van der Waals surface area contributed by atoms with Crippen LogP contribution in [0, 0.1) is 5.41 Å². The molecule has 2 aromatic carbocycles. The Labute approximate surface area is 211 Å². The van der Waals surface area contributed by atoms with E-state index in [4.69, 9.17) is 16.3 Å². The minimum absolute atomic E-state index is 0.0383. The highest BCUT2D eigenvalue weighted by Crippen LogP contribution is 2.21. The van der Waals surface area contributed by atoms with Gasteiger partial charge in [0, 0.05) is 31.1 Å². The Balaban J connectivity index is 1.61. The molecule has 0 unspecified atom stereocenters. The van der Waals surface area contributed by atoms with Crippen LogP contribution in [0.1, 0.15) is 38.6 Å². The highest BCUT2D eigenvalue weighted by Gasteiger charge is 2.22. The van der Waals surface area contributed by atoms with Crippen molar-refractivity contribution < 1.29 is 9.53 Å². The third-order valence-corrected chi connectivity index (χ3v) is 6.23. The molecule has 1 saturated heterocycles. The number of rotatable bonds is 8. The molecule has 1 aromatic heterocycles. The number of halogens is 1. The number of hydrogen-bond donors (Lipinski definition) is 0. The Morgan fingerprint density at radius 3 is 2.43 bits per heavy atom. The quantitative estimate of drug-likeness (QED) is 0.469. The maximum Gasteiger partial charge on any atom is 0.355 e. The average molecular weight is 497 g/mol. The summed E-state index contributed by atoms with van der Waals surface area (Å²) in [5.41, 5.74) is 1.98. The van der Waals surface area contributed by atoms with Crippen molar-refractivity contribution in [3.63, 3.8) is 0 Å². The molecule has 1 fully saturated rings. The molecule has 35 heavy (non-hydrogen) atoms. The molecule has 4 rings (SSSR count). The van der Waals surface area contributed by atoms with Crippen molar-refractivity contribution in [1.29, 1.82) is 0 Å². The lowest BCUT2D eigenvalue weighted by Gasteiger charge is -2.26. The molecule has 3 aromatic rings. The number of morpholine rings is 1. The summed E-state index contributed by atoms with van der Waals surface area (Å²) in [6.45, 7) is 10.5. The summed E-state index contributed by atoms with van der Waals surface area (Å²) >= 11 is 6.20. The van der Waals surface area contributed by atoms with E-state index in [1.54, 1.807) is 24.3 Å².